The summed E-state index contributed by atoms with van der Waals surface area (Å²) < 4.78 is 0. The van der Waals surface area contributed by atoms with E-state index in [-0.39, 0.29) is 0 Å². The van der Waals surface area contributed by atoms with Gasteiger partial charge in [0.25, 0.3) is 0 Å². The Hall–Kier alpha value is -1.06. The Morgan fingerprint density at radius 1 is 1.00 bits per heavy atom. The third-order valence-corrected chi connectivity index (χ3v) is 3.94. The normalized spacial score (nSPS) is 31.0. The van der Waals surface area contributed by atoms with Gasteiger partial charge in [-0.05, 0) is 41.6 Å². The molecule has 1 aromatic carbocycles. The molecule has 2 N–H and O–H groups in total. The second-order valence-corrected chi connectivity index (χ2v) is 4.93. The van der Waals surface area contributed by atoms with E-state index < -0.39 is 7.12 Å². The summed E-state index contributed by atoms with van der Waals surface area (Å²) in [4.78, 5) is 0. The van der Waals surface area contributed by atoms with Crippen molar-refractivity contribution in [2.45, 2.75) is 18.8 Å². The van der Waals surface area contributed by atoms with Gasteiger partial charge in [0.1, 0.15) is 0 Å². The van der Waals surface area contributed by atoms with Crippen LogP contribution >= 0.6 is 0 Å². The highest BCUT2D eigenvalue weighted by molar-refractivity contribution is 6.58. The summed E-state index contributed by atoms with van der Waals surface area (Å²) in [6.45, 7) is 0. The van der Waals surface area contributed by atoms with Crippen molar-refractivity contribution < 1.29 is 10.0 Å². The number of benzene rings is 1. The number of allylic oxidation sites excluding steroid dienone is 2. The standard InChI is InChI=1S/C13H15BO2/c15-14(16)12-5-3-10(4-6-12)13-8-9-1-2-11(13)7-9/h1-6,9,11,13,15-16H,7-8H2. The Kier molecular flexibility index (Phi) is 2.38. The average molecular weight is 214 g/mol. The van der Waals surface area contributed by atoms with E-state index in [4.69, 9.17) is 10.0 Å². The van der Waals surface area contributed by atoms with E-state index in [9.17, 15) is 0 Å². The van der Waals surface area contributed by atoms with Gasteiger partial charge in [0.2, 0.25) is 0 Å². The Morgan fingerprint density at radius 2 is 1.75 bits per heavy atom. The second kappa shape index (κ2) is 3.76. The van der Waals surface area contributed by atoms with E-state index in [0.717, 1.165) is 5.92 Å². The van der Waals surface area contributed by atoms with Gasteiger partial charge >= 0.3 is 7.12 Å². The molecule has 3 heteroatoms. The van der Waals surface area contributed by atoms with E-state index in [1.165, 1.54) is 18.4 Å². The number of hydrogen-bond donors (Lipinski definition) is 2. The fourth-order valence-corrected chi connectivity index (χ4v) is 3.08. The minimum Gasteiger partial charge on any atom is -0.423 e. The van der Waals surface area contributed by atoms with Crippen molar-refractivity contribution in [2.24, 2.45) is 11.8 Å². The van der Waals surface area contributed by atoms with Crippen LogP contribution in [-0.4, -0.2) is 17.2 Å². The van der Waals surface area contributed by atoms with Gasteiger partial charge in [-0.25, -0.2) is 0 Å². The van der Waals surface area contributed by atoms with E-state index >= 15 is 0 Å². The number of hydrogen-bond acceptors (Lipinski definition) is 2. The van der Waals surface area contributed by atoms with Crippen LogP contribution in [0.3, 0.4) is 0 Å². The molecule has 0 aliphatic heterocycles. The van der Waals surface area contributed by atoms with E-state index in [1.54, 1.807) is 0 Å². The molecule has 1 saturated carbocycles. The first-order valence-corrected chi connectivity index (χ1v) is 5.88. The second-order valence-electron chi connectivity index (χ2n) is 4.93. The van der Waals surface area contributed by atoms with Crippen molar-refractivity contribution in [2.75, 3.05) is 0 Å². The molecule has 82 valence electrons. The van der Waals surface area contributed by atoms with Crippen LogP contribution in [0.1, 0.15) is 24.3 Å². The molecule has 3 rings (SSSR count). The van der Waals surface area contributed by atoms with Crippen LogP contribution in [0.4, 0.5) is 0 Å². The van der Waals surface area contributed by atoms with Gasteiger partial charge in [0.15, 0.2) is 0 Å². The Bertz CT molecular complexity index is 410. The van der Waals surface area contributed by atoms with Gasteiger partial charge in [-0.1, -0.05) is 36.4 Å². The highest BCUT2D eigenvalue weighted by Gasteiger charge is 2.36. The molecule has 2 aliphatic carbocycles. The first-order chi connectivity index (χ1) is 7.74. The van der Waals surface area contributed by atoms with E-state index in [1.807, 2.05) is 24.3 Å². The molecule has 2 aliphatic rings. The van der Waals surface area contributed by atoms with Crippen molar-refractivity contribution in [3.05, 3.63) is 42.0 Å². The molecule has 0 aromatic heterocycles. The lowest BCUT2D eigenvalue weighted by Gasteiger charge is -2.18. The summed E-state index contributed by atoms with van der Waals surface area (Å²) in [6, 6.07) is 7.70. The maximum Gasteiger partial charge on any atom is 0.488 e. The lowest BCUT2D eigenvalue weighted by molar-refractivity contribution is 0.425. The van der Waals surface area contributed by atoms with Crippen LogP contribution in [-0.2, 0) is 0 Å². The zero-order valence-electron chi connectivity index (χ0n) is 9.08. The van der Waals surface area contributed by atoms with Crippen LogP contribution in [0.25, 0.3) is 0 Å². The van der Waals surface area contributed by atoms with Gasteiger partial charge in [0, 0.05) is 0 Å². The summed E-state index contributed by atoms with van der Waals surface area (Å²) in [6.07, 6.45) is 7.23. The molecular weight excluding hydrogens is 199 g/mol. The van der Waals surface area contributed by atoms with Crippen LogP contribution in [0, 0.1) is 11.8 Å². The highest BCUT2D eigenvalue weighted by Crippen LogP contribution is 2.48. The van der Waals surface area contributed by atoms with Crippen molar-refractivity contribution in [3.63, 3.8) is 0 Å². The summed E-state index contributed by atoms with van der Waals surface area (Å²) in [5, 5.41) is 18.1. The Morgan fingerprint density at radius 3 is 2.25 bits per heavy atom. The maximum absolute atomic E-state index is 9.03. The number of rotatable bonds is 2. The molecule has 0 spiro atoms. The first kappa shape index (κ1) is 10.1. The minimum absolute atomic E-state index is 0.572. The monoisotopic (exact) mass is 214 g/mol. The zero-order chi connectivity index (χ0) is 11.1. The van der Waals surface area contributed by atoms with Gasteiger partial charge in [0.05, 0.1) is 0 Å². The minimum atomic E-state index is -1.35. The molecule has 0 radical (unpaired) electrons. The number of fused-ring (bicyclic) bond motifs is 2. The molecule has 0 saturated heterocycles. The SMILES string of the molecule is OB(O)c1ccc(C2CC3C=CC2C3)cc1. The zero-order valence-corrected chi connectivity index (χ0v) is 9.08. The smallest absolute Gasteiger partial charge is 0.423 e. The van der Waals surface area contributed by atoms with Gasteiger partial charge < -0.3 is 10.0 Å². The molecule has 2 bridgehead atoms. The predicted octanol–water partition coefficient (Wildman–Crippen LogP) is 1.05. The summed E-state index contributed by atoms with van der Waals surface area (Å²) >= 11 is 0. The van der Waals surface area contributed by atoms with Crippen molar-refractivity contribution in [1.29, 1.82) is 0 Å². The predicted molar refractivity (Wildman–Crippen MR) is 64.4 cm³/mol. The van der Waals surface area contributed by atoms with Crippen LogP contribution in [0.15, 0.2) is 36.4 Å². The highest BCUT2D eigenvalue weighted by atomic mass is 16.4. The summed E-state index contributed by atoms with van der Waals surface area (Å²) in [7, 11) is -1.35. The topological polar surface area (TPSA) is 40.5 Å². The van der Waals surface area contributed by atoms with Crippen LogP contribution in [0.2, 0.25) is 0 Å². The van der Waals surface area contributed by atoms with Gasteiger partial charge in [-0.3, -0.25) is 0 Å². The van der Waals surface area contributed by atoms with E-state index in [2.05, 4.69) is 12.2 Å². The fraction of sp³-hybridized carbons (Fsp3) is 0.385. The lowest BCUT2D eigenvalue weighted by atomic mass is 9.78. The molecule has 1 fully saturated rings. The molecule has 1 aromatic rings. The summed E-state index contributed by atoms with van der Waals surface area (Å²) in [5.74, 6) is 2.12. The molecule has 16 heavy (non-hydrogen) atoms. The third kappa shape index (κ3) is 1.60. The first-order valence-electron chi connectivity index (χ1n) is 5.88. The Labute approximate surface area is 95.8 Å². The molecular formula is C13H15BO2. The Balaban J connectivity index is 1.83. The van der Waals surface area contributed by atoms with Crippen molar-refractivity contribution in [1.82, 2.24) is 0 Å². The van der Waals surface area contributed by atoms with Gasteiger partial charge in [-0.15, -0.1) is 0 Å². The molecule has 0 amide bonds. The average Bonchev–Trinajstić information content (AvgIpc) is 2.91. The van der Waals surface area contributed by atoms with Gasteiger partial charge in [-0.2, -0.15) is 0 Å². The quantitative estimate of drug-likeness (QED) is 0.570. The summed E-state index contributed by atoms with van der Waals surface area (Å²) in [5.41, 5.74) is 1.91. The van der Waals surface area contributed by atoms with Crippen molar-refractivity contribution in [3.8, 4) is 0 Å². The maximum atomic E-state index is 9.03. The third-order valence-electron chi connectivity index (χ3n) is 3.94. The van der Waals surface area contributed by atoms with E-state index in [0.29, 0.717) is 17.3 Å². The molecule has 0 heterocycles. The molecule has 3 unspecified atom stereocenters. The fourth-order valence-electron chi connectivity index (χ4n) is 3.08. The largest absolute Gasteiger partial charge is 0.488 e. The molecule has 2 nitrogen and oxygen atoms in total. The molecule has 3 atom stereocenters. The van der Waals surface area contributed by atoms with Crippen molar-refractivity contribution >= 4 is 12.6 Å². The van der Waals surface area contributed by atoms with Crippen LogP contribution < -0.4 is 5.46 Å². The lowest BCUT2D eigenvalue weighted by Crippen LogP contribution is -2.29. The van der Waals surface area contributed by atoms with Crippen LogP contribution in [0.5, 0.6) is 0 Å².